The number of allylic oxidation sites excluding steroid dienone is 1. The highest BCUT2D eigenvalue weighted by Gasteiger charge is 2.34. The lowest BCUT2D eigenvalue weighted by molar-refractivity contribution is -0.138. The zero-order valence-electron chi connectivity index (χ0n) is 10.3. The minimum Gasteiger partial charge on any atom is -0.270 e. The van der Waals surface area contributed by atoms with Gasteiger partial charge < -0.3 is 0 Å². The molecule has 0 bridgehead atoms. The maximum absolute atomic E-state index is 12.1. The fraction of sp³-hybridized carbons (Fsp3) is 0.200. The van der Waals surface area contributed by atoms with Gasteiger partial charge in [0.1, 0.15) is 0 Å². The van der Waals surface area contributed by atoms with Gasteiger partial charge >= 0.3 is 0 Å². The van der Waals surface area contributed by atoms with E-state index in [1.807, 2.05) is 30.3 Å². The van der Waals surface area contributed by atoms with Crippen molar-refractivity contribution in [3.05, 3.63) is 59.7 Å². The molecule has 1 heterocycles. The highest BCUT2D eigenvalue weighted by atomic mass is 16.2. The molecule has 1 aliphatic rings. The summed E-state index contributed by atoms with van der Waals surface area (Å²) in [5.41, 5.74) is 2.05. The van der Waals surface area contributed by atoms with E-state index in [1.165, 1.54) is 4.90 Å². The third-order valence-electron chi connectivity index (χ3n) is 3.05. The van der Waals surface area contributed by atoms with E-state index in [4.69, 9.17) is 0 Å². The van der Waals surface area contributed by atoms with Crippen molar-refractivity contribution < 1.29 is 9.59 Å². The number of hydrogen-bond acceptors (Lipinski definition) is 2. The Labute approximate surface area is 106 Å². The molecule has 0 atom stereocenters. The number of rotatable bonds is 4. The van der Waals surface area contributed by atoms with Gasteiger partial charge in [0, 0.05) is 11.1 Å². The van der Waals surface area contributed by atoms with E-state index in [-0.39, 0.29) is 11.8 Å². The van der Waals surface area contributed by atoms with Gasteiger partial charge in [-0.1, -0.05) is 36.4 Å². The normalized spacial score (nSPS) is 15.5. The Morgan fingerprint density at radius 3 is 2.44 bits per heavy atom. The molecule has 0 aliphatic carbocycles. The summed E-state index contributed by atoms with van der Waals surface area (Å²) in [4.78, 5) is 25.4. The standard InChI is InChI=1S/C15H15NO2/c1-3-7-13-11(2)14(17)16(15(13)18)10-12-8-5-4-6-9-12/h3-6,8-9H,1,7,10H2,2H3. The Kier molecular flexibility index (Phi) is 3.42. The first-order valence-electron chi connectivity index (χ1n) is 5.86. The monoisotopic (exact) mass is 241 g/mol. The van der Waals surface area contributed by atoms with Crippen LogP contribution in [-0.4, -0.2) is 16.7 Å². The molecule has 0 N–H and O–H groups in total. The maximum atomic E-state index is 12.1. The predicted octanol–water partition coefficient (Wildman–Crippen LogP) is 2.45. The van der Waals surface area contributed by atoms with Gasteiger partial charge in [0.2, 0.25) is 0 Å². The van der Waals surface area contributed by atoms with E-state index in [9.17, 15) is 9.59 Å². The molecule has 1 aromatic carbocycles. The number of imide groups is 1. The number of carbonyl (C=O) groups excluding carboxylic acids is 2. The molecule has 0 fully saturated rings. The van der Waals surface area contributed by atoms with Gasteiger partial charge in [-0.15, -0.1) is 6.58 Å². The van der Waals surface area contributed by atoms with E-state index in [0.29, 0.717) is 24.1 Å². The second kappa shape index (κ2) is 5.00. The lowest BCUT2D eigenvalue weighted by Crippen LogP contribution is -2.31. The van der Waals surface area contributed by atoms with Gasteiger partial charge in [-0.05, 0) is 18.9 Å². The summed E-state index contributed by atoms with van der Waals surface area (Å²) in [5, 5.41) is 0. The summed E-state index contributed by atoms with van der Waals surface area (Å²) in [6.45, 7) is 5.64. The van der Waals surface area contributed by atoms with Crippen molar-refractivity contribution in [3.63, 3.8) is 0 Å². The highest BCUT2D eigenvalue weighted by molar-refractivity contribution is 6.19. The molecule has 0 saturated heterocycles. The molecular weight excluding hydrogens is 226 g/mol. The summed E-state index contributed by atoms with van der Waals surface area (Å²) in [6, 6.07) is 9.50. The van der Waals surface area contributed by atoms with Crippen LogP contribution in [0.5, 0.6) is 0 Å². The SMILES string of the molecule is C=CCC1=C(C)C(=O)N(Cc2ccccc2)C1=O. The molecule has 1 aliphatic heterocycles. The van der Waals surface area contributed by atoms with Gasteiger partial charge in [-0.3, -0.25) is 14.5 Å². The summed E-state index contributed by atoms with van der Waals surface area (Å²) >= 11 is 0. The van der Waals surface area contributed by atoms with Crippen LogP contribution >= 0.6 is 0 Å². The Bertz CT molecular complexity index is 529. The van der Waals surface area contributed by atoms with Crippen LogP contribution in [0, 0.1) is 0 Å². The average Bonchev–Trinajstić information content (AvgIpc) is 2.58. The van der Waals surface area contributed by atoms with Crippen molar-refractivity contribution in [1.29, 1.82) is 0 Å². The van der Waals surface area contributed by atoms with Crippen molar-refractivity contribution in [2.24, 2.45) is 0 Å². The number of hydrogen-bond donors (Lipinski definition) is 0. The Morgan fingerprint density at radius 1 is 1.17 bits per heavy atom. The maximum Gasteiger partial charge on any atom is 0.257 e. The number of carbonyl (C=O) groups is 2. The van der Waals surface area contributed by atoms with Crippen molar-refractivity contribution >= 4 is 11.8 Å². The first-order valence-corrected chi connectivity index (χ1v) is 5.86. The van der Waals surface area contributed by atoms with Crippen molar-refractivity contribution in [1.82, 2.24) is 4.90 Å². The Balaban J connectivity index is 2.21. The summed E-state index contributed by atoms with van der Waals surface area (Å²) in [5.74, 6) is -0.387. The molecule has 2 amide bonds. The largest absolute Gasteiger partial charge is 0.270 e. The molecule has 3 nitrogen and oxygen atoms in total. The average molecular weight is 241 g/mol. The first kappa shape index (κ1) is 12.3. The van der Waals surface area contributed by atoms with Crippen LogP contribution in [0.3, 0.4) is 0 Å². The van der Waals surface area contributed by atoms with Gasteiger partial charge in [0.05, 0.1) is 6.54 Å². The zero-order valence-corrected chi connectivity index (χ0v) is 10.3. The van der Waals surface area contributed by atoms with E-state index in [1.54, 1.807) is 13.0 Å². The molecule has 0 spiro atoms. The zero-order chi connectivity index (χ0) is 13.1. The van der Waals surface area contributed by atoms with Crippen LogP contribution in [0.1, 0.15) is 18.9 Å². The van der Waals surface area contributed by atoms with Gasteiger partial charge in [0.25, 0.3) is 11.8 Å². The molecule has 0 saturated carbocycles. The molecule has 2 rings (SSSR count). The molecular formula is C15H15NO2. The van der Waals surface area contributed by atoms with E-state index >= 15 is 0 Å². The topological polar surface area (TPSA) is 37.4 Å². The summed E-state index contributed by atoms with van der Waals surface area (Å²) < 4.78 is 0. The molecule has 18 heavy (non-hydrogen) atoms. The van der Waals surface area contributed by atoms with Crippen molar-refractivity contribution in [3.8, 4) is 0 Å². The summed E-state index contributed by atoms with van der Waals surface area (Å²) in [7, 11) is 0. The van der Waals surface area contributed by atoms with E-state index in [2.05, 4.69) is 6.58 Å². The first-order chi connectivity index (χ1) is 8.65. The predicted molar refractivity (Wildman–Crippen MR) is 69.5 cm³/mol. The third kappa shape index (κ3) is 2.12. The quantitative estimate of drug-likeness (QED) is 0.599. The second-order valence-corrected chi connectivity index (χ2v) is 4.28. The van der Waals surface area contributed by atoms with Crippen LogP contribution in [0.4, 0.5) is 0 Å². The lowest BCUT2D eigenvalue weighted by Gasteiger charge is -2.14. The Hall–Kier alpha value is -2.16. The molecule has 0 aromatic heterocycles. The van der Waals surface area contributed by atoms with Gasteiger partial charge in [-0.25, -0.2) is 0 Å². The third-order valence-corrected chi connectivity index (χ3v) is 3.05. The van der Waals surface area contributed by atoms with Crippen LogP contribution in [-0.2, 0) is 16.1 Å². The van der Waals surface area contributed by atoms with Gasteiger partial charge in [0.15, 0.2) is 0 Å². The fourth-order valence-electron chi connectivity index (χ4n) is 2.04. The minimum atomic E-state index is -0.194. The second-order valence-electron chi connectivity index (χ2n) is 4.28. The molecule has 3 heteroatoms. The van der Waals surface area contributed by atoms with Crippen molar-refractivity contribution in [2.75, 3.05) is 0 Å². The molecule has 1 aromatic rings. The highest BCUT2D eigenvalue weighted by Crippen LogP contribution is 2.24. The summed E-state index contributed by atoms with van der Waals surface area (Å²) in [6.07, 6.45) is 2.09. The van der Waals surface area contributed by atoms with Gasteiger partial charge in [-0.2, -0.15) is 0 Å². The van der Waals surface area contributed by atoms with Crippen LogP contribution in [0.25, 0.3) is 0 Å². The lowest BCUT2D eigenvalue weighted by atomic mass is 10.1. The van der Waals surface area contributed by atoms with Crippen LogP contribution < -0.4 is 0 Å². The number of benzene rings is 1. The number of nitrogens with zero attached hydrogens (tertiary/aromatic N) is 1. The van der Waals surface area contributed by atoms with Crippen LogP contribution in [0.2, 0.25) is 0 Å². The van der Waals surface area contributed by atoms with E-state index in [0.717, 1.165) is 5.56 Å². The molecule has 0 unspecified atom stereocenters. The Morgan fingerprint density at radius 2 is 1.83 bits per heavy atom. The smallest absolute Gasteiger partial charge is 0.257 e. The van der Waals surface area contributed by atoms with Crippen LogP contribution in [0.15, 0.2) is 54.1 Å². The number of amides is 2. The fourth-order valence-corrected chi connectivity index (χ4v) is 2.04. The van der Waals surface area contributed by atoms with E-state index < -0.39 is 0 Å². The van der Waals surface area contributed by atoms with Crippen molar-refractivity contribution in [2.45, 2.75) is 19.9 Å². The molecule has 0 radical (unpaired) electrons. The molecule has 92 valence electrons. The minimum absolute atomic E-state index is 0.193.